The van der Waals surface area contributed by atoms with E-state index in [0.717, 1.165) is 13.1 Å². The standard InChI is InChI=1S/C26H24N2.2ClH/c1-3-11-23(12-4-1)25-15-9-19-27(21-25)17-7-8-18-28-20-10-16-26(22-28)24-13-5-2-6-14-24;;/h1-16,19-22H,17-18H2;2*1H/q+2;;/p-2. The molecule has 0 radical (unpaired) electrons. The largest absolute Gasteiger partial charge is 1.00 e. The summed E-state index contributed by atoms with van der Waals surface area (Å²) >= 11 is 0. The average molecular weight is 435 g/mol. The Morgan fingerprint density at radius 1 is 0.467 bits per heavy atom. The Balaban J connectivity index is 0.00000160. The van der Waals surface area contributed by atoms with Crippen molar-refractivity contribution < 1.29 is 33.9 Å². The van der Waals surface area contributed by atoms with Gasteiger partial charge >= 0.3 is 0 Å². The first-order chi connectivity index (χ1) is 13.9. The zero-order chi connectivity index (χ0) is 19.0. The number of hydrogen-bond acceptors (Lipinski definition) is 0. The normalized spacial score (nSPS) is 10.3. The summed E-state index contributed by atoms with van der Waals surface area (Å²) in [7, 11) is 0. The molecule has 0 amide bonds. The Kier molecular flexibility index (Phi) is 9.27. The number of allylic oxidation sites excluding steroid dienone is 2. The minimum Gasteiger partial charge on any atom is -1.00 e. The molecular weight excluding hydrogens is 411 g/mol. The molecule has 0 bridgehead atoms. The maximum absolute atomic E-state index is 2.22. The number of halogens is 2. The van der Waals surface area contributed by atoms with Crippen LogP contribution in [0.1, 0.15) is 0 Å². The van der Waals surface area contributed by atoms with E-state index < -0.39 is 0 Å². The van der Waals surface area contributed by atoms with Gasteiger partial charge in [0, 0.05) is 23.3 Å². The highest BCUT2D eigenvalue weighted by molar-refractivity contribution is 5.61. The lowest BCUT2D eigenvalue weighted by molar-refractivity contribution is -0.690. The zero-order valence-corrected chi connectivity index (χ0v) is 18.1. The zero-order valence-electron chi connectivity index (χ0n) is 16.6. The molecule has 0 saturated carbocycles. The van der Waals surface area contributed by atoms with Crippen molar-refractivity contribution in [3.05, 3.63) is 122 Å². The van der Waals surface area contributed by atoms with Crippen LogP contribution in [0.2, 0.25) is 0 Å². The van der Waals surface area contributed by atoms with Gasteiger partial charge in [-0.15, -0.1) is 0 Å². The maximum Gasteiger partial charge on any atom is 0.176 e. The summed E-state index contributed by atoms with van der Waals surface area (Å²) in [4.78, 5) is 0. The fourth-order valence-electron chi connectivity index (χ4n) is 3.27. The molecule has 0 atom stereocenters. The Hall–Kier alpha value is -2.94. The second kappa shape index (κ2) is 11.9. The highest BCUT2D eigenvalue weighted by Crippen LogP contribution is 2.16. The van der Waals surface area contributed by atoms with E-state index in [9.17, 15) is 0 Å². The van der Waals surface area contributed by atoms with Gasteiger partial charge in [0.05, 0.1) is 0 Å². The molecule has 0 fully saturated rings. The summed E-state index contributed by atoms with van der Waals surface area (Å²) < 4.78 is 4.42. The van der Waals surface area contributed by atoms with Crippen LogP contribution in [0.4, 0.5) is 0 Å². The first-order valence-electron chi connectivity index (χ1n) is 9.62. The molecule has 0 N–H and O–H groups in total. The summed E-state index contributed by atoms with van der Waals surface area (Å²) in [6, 6.07) is 29.5. The lowest BCUT2D eigenvalue weighted by Gasteiger charge is -2.00. The van der Waals surface area contributed by atoms with Crippen LogP contribution in [0.5, 0.6) is 0 Å². The number of hydrogen-bond donors (Lipinski definition) is 0. The molecule has 2 nitrogen and oxygen atoms in total. The molecule has 4 rings (SSSR count). The molecule has 0 saturated heterocycles. The van der Waals surface area contributed by atoms with Crippen LogP contribution in [0.15, 0.2) is 122 Å². The Morgan fingerprint density at radius 2 is 0.833 bits per heavy atom. The molecule has 2 aromatic heterocycles. The Morgan fingerprint density at radius 3 is 1.23 bits per heavy atom. The van der Waals surface area contributed by atoms with Crippen LogP contribution < -0.4 is 33.9 Å². The minimum absolute atomic E-state index is 0. The van der Waals surface area contributed by atoms with Crippen molar-refractivity contribution in [1.29, 1.82) is 0 Å². The van der Waals surface area contributed by atoms with Crippen molar-refractivity contribution in [3.63, 3.8) is 0 Å². The lowest BCUT2D eigenvalue weighted by atomic mass is 10.1. The molecular formula is C26H24Cl2N2. The van der Waals surface area contributed by atoms with E-state index >= 15 is 0 Å². The van der Waals surface area contributed by atoms with Gasteiger partial charge < -0.3 is 24.8 Å². The van der Waals surface area contributed by atoms with Gasteiger partial charge in [0.2, 0.25) is 0 Å². The number of aromatic nitrogens is 2. The van der Waals surface area contributed by atoms with Gasteiger partial charge in [0.25, 0.3) is 0 Å². The first-order valence-corrected chi connectivity index (χ1v) is 9.62. The second-order valence-electron chi connectivity index (χ2n) is 6.78. The van der Waals surface area contributed by atoms with E-state index in [0.29, 0.717) is 0 Å². The minimum atomic E-state index is 0. The van der Waals surface area contributed by atoms with E-state index in [2.05, 4.69) is 119 Å². The van der Waals surface area contributed by atoms with Crippen LogP contribution in [0.3, 0.4) is 0 Å². The molecule has 152 valence electrons. The molecule has 0 unspecified atom stereocenters. The predicted molar refractivity (Wildman–Crippen MR) is 113 cm³/mol. The quantitative estimate of drug-likeness (QED) is 0.267. The third-order valence-corrected chi connectivity index (χ3v) is 4.73. The van der Waals surface area contributed by atoms with Crippen LogP contribution in [0.25, 0.3) is 22.3 Å². The summed E-state index contributed by atoms with van der Waals surface area (Å²) in [6.45, 7) is 1.72. The Labute approximate surface area is 191 Å². The molecule has 4 heteroatoms. The Bertz CT molecular complexity index is 977. The fourth-order valence-corrected chi connectivity index (χ4v) is 3.27. The van der Waals surface area contributed by atoms with Crippen molar-refractivity contribution in [2.45, 2.75) is 13.1 Å². The number of pyridine rings is 2. The predicted octanol–water partition coefficient (Wildman–Crippen LogP) is -1.14. The van der Waals surface area contributed by atoms with E-state index in [-0.39, 0.29) is 24.8 Å². The van der Waals surface area contributed by atoms with Gasteiger partial charge in [-0.1, -0.05) is 60.7 Å². The topological polar surface area (TPSA) is 7.76 Å². The highest BCUT2D eigenvalue weighted by atomic mass is 35.5. The van der Waals surface area contributed by atoms with Crippen molar-refractivity contribution in [2.75, 3.05) is 0 Å². The summed E-state index contributed by atoms with van der Waals surface area (Å²) in [6.07, 6.45) is 13.1. The third-order valence-electron chi connectivity index (χ3n) is 4.73. The highest BCUT2D eigenvalue weighted by Gasteiger charge is 2.05. The van der Waals surface area contributed by atoms with E-state index in [1.54, 1.807) is 0 Å². The molecule has 2 heterocycles. The first kappa shape index (κ1) is 23.3. The monoisotopic (exact) mass is 434 g/mol. The van der Waals surface area contributed by atoms with Crippen LogP contribution in [-0.2, 0) is 13.1 Å². The van der Waals surface area contributed by atoms with E-state index in [1.807, 2.05) is 12.1 Å². The number of rotatable bonds is 6. The van der Waals surface area contributed by atoms with Gasteiger partial charge in [-0.25, -0.2) is 9.13 Å². The molecule has 30 heavy (non-hydrogen) atoms. The second-order valence-corrected chi connectivity index (χ2v) is 6.78. The maximum atomic E-state index is 2.22. The van der Waals surface area contributed by atoms with Crippen LogP contribution in [0, 0.1) is 0 Å². The van der Waals surface area contributed by atoms with E-state index in [4.69, 9.17) is 0 Å². The fraction of sp³-hybridized carbons (Fsp3) is 0.0769. The molecule has 0 aliphatic carbocycles. The smallest absolute Gasteiger partial charge is 0.176 e. The lowest BCUT2D eigenvalue weighted by Crippen LogP contribution is -3.00. The van der Waals surface area contributed by atoms with E-state index in [1.165, 1.54) is 22.3 Å². The summed E-state index contributed by atoms with van der Waals surface area (Å²) in [5.41, 5.74) is 4.96. The molecule has 4 aromatic rings. The van der Waals surface area contributed by atoms with Crippen molar-refractivity contribution in [1.82, 2.24) is 0 Å². The summed E-state index contributed by atoms with van der Waals surface area (Å²) in [5.74, 6) is 0. The van der Waals surface area contributed by atoms with Gasteiger partial charge in [0.15, 0.2) is 37.9 Å². The molecule has 0 aliphatic heterocycles. The number of benzene rings is 2. The van der Waals surface area contributed by atoms with Crippen molar-refractivity contribution in [2.24, 2.45) is 0 Å². The SMILES string of the molecule is C(=CC[n+]1cccc(-c2ccccc2)c1)C[n+]1cccc(-c2ccccc2)c1.[Cl-].[Cl-]. The van der Waals surface area contributed by atoms with Crippen LogP contribution in [-0.4, -0.2) is 0 Å². The van der Waals surface area contributed by atoms with Crippen molar-refractivity contribution in [3.8, 4) is 22.3 Å². The van der Waals surface area contributed by atoms with Crippen LogP contribution >= 0.6 is 0 Å². The number of nitrogens with zero attached hydrogens (tertiary/aromatic N) is 2. The average Bonchev–Trinajstić information content (AvgIpc) is 2.78. The van der Waals surface area contributed by atoms with Gasteiger partial charge in [-0.3, -0.25) is 0 Å². The van der Waals surface area contributed by atoms with Gasteiger partial charge in [0.1, 0.15) is 0 Å². The molecule has 0 aliphatic rings. The van der Waals surface area contributed by atoms with Gasteiger partial charge in [-0.05, 0) is 35.4 Å². The summed E-state index contributed by atoms with van der Waals surface area (Å²) in [5, 5.41) is 0. The molecule has 0 spiro atoms. The van der Waals surface area contributed by atoms with Crippen molar-refractivity contribution >= 4 is 0 Å². The third kappa shape index (κ3) is 6.28. The van der Waals surface area contributed by atoms with Gasteiger partial charge in [-0.2, -0.15) is 0 Å². The molecule has 2 aromatic carbocycles.